The largest absolute Gasteiger partial charge is 0.514 e. The molecule has 0 aromatic carbocycles. The highest BCUT2D eigenvalue weighted by Crippen LogP contribution is 2.55. The second-order valence-corrected chi connectivity index (χ2v) is 4.12. The van der Waals surface area contributed by atoms with Crippen LogP contribution in [0.5, 0.6) is 0 Å². The Morgan fingerprint density at radius 2 is 1.06 bits per heavy atom. The summed E-state index contributed by atoms with van der Waals surface area (Å²) >= 11 is 0. The normalized spacial score (nSPS) is 45.0. The molecule has 4 heterocycles. The number of hydrogen-bond acceptors (Lipinski definition) is 11. The molecule has 4 aliphatic heterocycles. The van der Waals surface area contributed by atoms with Crippen LogP contribution < -0.4 is 0 Å². The molecule has 0 saturated carbocycles. The van der Waals surface area contributed by atoms with E-state index in [1.54, 1.807) is 0 Å². The van der Waals surface area contributed by atoms with E-state index in [1.165, 1.54) is 13.8 Å². The zero-order chi connectivity index (χ0) is 12.6. The molecule has 4 aliphatic rings. The molecule has 4 rings (SSSR count). The topological polar surface area (TPSA) is 123 Å². The van der Waals surface area contributed by atoms with Crippen molar-refractivity contribution in [1.29, 1.82) is 0 Å². The molecule has 18 heavy (non-hydrogen) atoms. The Bertz CT molecular complexity index is 389. The van der Waals surface area contributed by atoms with Gasteiger partial charge in [0.1, 0.15) is 0 Å². The molecule has 100 valence electrons. The molecule has 0 amide bonds. The molecule has 0 N–H and O–H groups in total. The number of carbonyl (C=O) groups is 1. The molecular formula is C7H6O11. The predicted molar refractivity (Wildman–Crippen MR) is 38.5 cm³/mol. The third kappa shape index (κ3) is 1.12. The van der Waals surface area contributed by atoms with Gasteiger partial charge in [-0.3, -0.25) is 0 Å². The minimum Gasteiger partial charge on any atom is -0.390 e. The second kappa shape index (κ2) is 2.76. The minimum absolute atomic E-state index is 1.15. The molecule has 2 unspecified atom stereocenters. The lowest BCUT2D eigenvalue weighted by Gasteiger charge is -2.39. The van der Waals surface area contributed by atoms with Gasteiger partial charge in [-0.05, 0) is 0 Å². The Balaban J connectivity index is 1.40. The fraction of sp³-hybridized carbons (Fsp3) is 0.857. The first-order valence-electron chi connectivity index (χ1n) is 4.82. The highest BCUT2D eigenvalue weighted by molar-refractivity contribution is 5.61. The monoisotopic (exact) mass is 266 g/mol. The number of ether oxygens (including phenoxy) is 2. The Morgan fingerprint density at radius 1 is 0.722 bits per heavy atom. The molecule has 0 radical (unpaired) electrons. The van der Waals surface area contributed by atoms with E-state index in [2.05, 4.69) is 39.1 Å². The Hall–Kier alpha value is -1.05. The molecule has 0 aliphatic carbocycles. The van der Waals surface area contributed by atoms with E-state index < -0.39 is 29.7 Å². The van der Waals surface area contributed by atoms with Crippen LogP contribution >= 0.6 is 0 Å². The maximum atomic E-state index is 11.6. The van der Waals surface area contributed by atoms with Gasteiger partial charge in [0.2, 0.25) is 0 Å². The van der Waals surface area contributed by atoms with Crippen molar-refractivity contribution in [2.75, 3.05) is 0 Å². The summed E-state index contributed by atoms with van der Waals surface area (Å²) < 4.78 is 9.68. The van der Waals surface area contributed by atoms with E-state index in [-0.39, 0.29) is 0 Å². The van der Waals surface area contributed by atoms with Gasteiger partial charge in [-0.1, -0.05) is 0 Å². The number of carbonyl (C=O) groups excluding carboxylic acids is 1. The van der Waals surface area contributed by atoms with E-state index >= 15 is 0 Å². The van der Waals surface area contributed by atoms with E-state index in [4.69, 9.17) is 9.47 Å². The Labute approximate surface area is 97.9 Å². The molecule has 2 atom stereocenters. The van der Waals surface area contributed by atoms with Crippen LogP contribution in [-0.2, 0) is 48.6 Å². The third-order valence-corrected chi connectivity index (χ3v) is 2.76. The minimum atomic E-state index is -1.58. The van der Waals surface area contributed by atoms with Gasteiger partial charge < -0.3 is 9.47 Å². The van der Waals surface area contributed by atoms with Gasteiger partial charge in [-0.2, -0.15) is 39.1 Å². The fourth-order valence-corrected chi connectivity index (χ4v) is 1.39. The molecular weight excluding hydrogens is 260 g/mol. The van der Waals surface area contributed by atoms with Gasteiger partial charge in [0.05, 0.1) is 0 Å². The fourth-order valence-electron chi connectivity index (χ4n) is 1.39. The summed E-state index contributed by atoms with van der Waals surface area (Å²) in [6.07, 6.45) is -1.15. The Kier molecular flexibility index (Phi) is 1.66. The van der Waals surface area contributed by atoms with Gasteiger partial charge in [-0.15, -0.1) is 0 Å². The summed E-state index contributed by atoms with van der Waals surface area (Å²) in [7, 11) is 0. The van der Waals surface area contributed by atoms with Crippen molar-refractivity contribution in [2.24, 2.45) is 0 Å². The van der Waals surface area contributed by atoms with Gasteiger partial charge in [0, 0.05) is 13.8 Å². The summed E-state index contributed by atoms with van der Waals surface area (Å²) in [5.74, 6) is -6.23. The van der Waals surface area contributed by atoms with Crippen LogP contribution in [0.3, 0.4) is 0 Å². The van der Waals surface area contributed by atoms with Crippen LogP contribution in [0.2, 0.25) is 0 Å². The smallest absolute Gasteiger partial charge is 0.390 e. The van der Waals surface area contributed by atoms with Crippen LogP contribution in [0.25, 0.3) is 0 Å². The lowest BCUT2D eigenvalue weighted by Crippen LogP contribution is -2.63. The van der Waals surface area contributed by atoms with Crippen molar-refractivity contribution in [3.8, 4) is 0 Å². The van der Waals surface area contributed by atoms with E-state index in [1.807, 2.05) is 0 Å². The van der Waals surface area contributed by atoms with Gasteiger partial charge >= 0.3 is 29.7 Å². The molecule has 11 nitrogen and oxygen atoms in total. The van der Waals surface area contributed by atoms with Gasteiger partial charge in [-0.25, -0.2) is 4.79 Å². The van der Waals surface area contributed by atoms with E-state index in [0.717, 1.165) is 0 Å². The van der Waals surface area contributed by atoms with Crippen LogP contribution in [0.4, 0.5) is 4.79 Å². The summed E-state index contributed by atoms with van der Waals surface area (Å²) in [5.41, 5.74) is 0. The van der Waals surface area contributed by atoms with Crippen molar-refractivity contribution in [2.45, 2.75) is 37.4 Å². The second-order valence-electron chi connectivity index (χ2n) is 4.12. The highest BCUT2D eigenvalue weighted by atomic mass is 17.6. The van der Waals surface area contributed by atoms with Gasteiger partial charge in [0.15, 0.2) is 0 Å². The summed E-state index contributed by atoms with van der Waals surface area (Å²) in [6, 6.07) is 0. The molecule has 11 heteroatoms. The maximum absolute atomic E-state index is 11.6. The summed E-state index contributed by atoms with van der Waals surface area (Å²) in [6.45, 7) is 2.70. The van der Waals surface area contributed by atoms with E-state index in [0.29, 0.717) is 0 Å². The predicted octanol–water partition coefficient (Wildman–Crippen LogP) is -0.273. The SMILES string of the molecule is CC1(OC(=O)OC2(C)OOC23OO3)OOC12OO2. The van der Waals surface area contributed by atoms with Gasteiger partial charge in [0.25, 0.3) is 0 Å². The standard InChI is InChI=1S/C7H6O11/c1-4(6(13-11-4)15-16-6)9-3(8)10-5(2)7(14-12-5)17-18-7/h1-2H3. The maximum Gasteiger partial charge on any atom is 0.514 e. The lowest BCUT2D eigenvalue weighted by molar-refractivity contribution is -0.615. The zero-order valence-electron chi connectivity index (χ0n) is 8.99. The molecule has 0 aromatic rings. The van der Waals surface area contributed by atoms with Crippen LogP contribution in [0, 0.1) is 0 Å². The molecule has 2 spiro atoms. The molecule has 0 bridgehead atoms. The molecule has 0 aromatic heterocycles. The zero-order valence-corrected chi connectivity index (χ0v) is 8.99. The summed E-state index contributed by atoms with van der Waals surface area (Å²) in [5, 5.41) is 0. The highest BCUT2D eigenvalue weighted by Gasteiger charge is 2.82. The van der Waals surface area contributed by atoms with Crippen molar-refractivity contribution in [3.63, 3.8) is 0 Å². The molecule has 4 saturated heterocycles. The quantitative estimate of drug-likeness (QED) is 0.372. The first-order chi connectivity index (χ1) is 8.43. The number of hydrogen-bond donors (Lipinski definition) is 0. The Morgan fingerprint density at radius 3 is 1.28 bits per heavy atom. The van der Waals surface area contributed by atoms with Crippen molar-refractivity contribution < 1.29 is 53.4 Å². The van der Waals surface area contributed by atoms with Crippen LogP contribution in [-0.4, -0.2) is 29.7 Å². The summed E-state index contributed by atoms with van der Waals surface area (Å²) in [4.78, 5) is 47.7. The first kappa shape index (κ1) is 10.8. The van der Waals surface area contributed by atoms with Crippen molar-refractivity contribution >= 4 is 6.16 Å². The first-order valence-corrected chi connectivity index (χ1v) is 4.82. The lowest BCUT2D eigenvalue weighted by atomic mass is 10.2. The van der Waals surface area contributed by atoms with Crippen molar-refractivity contribution in [3.05, 3.63) is 0 Å². The molecule has 4 fully saturated rings. The van der Waals surface area contributed by atoms with Crippen LogP contribution in [0.1, 0.15) is 13.8 Å². The van der Waals surface area contributed by atoms with Crippen molar-refractivity contribution in [1.82, 2.24) is 0 Å². The van der Waals surface area contributed by atoms with E-state index in [9.17, 15) is 4.79 Å². The third-order valence-electron chi connectivity index (χ3n) is 2.76. The average molecular weight is 266 g/mol. The average Bonchev–Trinajstić information content (AvgIpc) is 3.17. The van der Waals surface area contributed by atoms with Crippen LogP contribution in [0.15, 0.2) is 0 Å². The number of rotatable bonds is 2.